The molecule has 4 rings (SSSR count). The molecule has 2 aromatic heterocycles. The van der Waals surface area contributed by atoms with Gasteiger partial charge in [0, 0.05) is 0 Å². The number of hydrogen-bond donors (Lipinski definition) is 1. The molecule has 0 unspecified atom stereocenters. The van der Waals surface area contributed by atoms with Crippen LogP contribution in [0.3, 0.4) is 0 Å². The molecule has 0 fully saturated rings. The van der Waals surface area contributed by atoms with Crippen molar-refractivity contribution in [2.45, 2.75) is 18.0 Å². The minimum absolute atomic E-state index is 0.0391. The summed E-state index contributed by atoms with van der Waals surface area (Å²) in [4.78, 5) is 30.1. The van der Waals surface area contributed by atoms with E-state index in [1.165, 1.54) is 35.1 Å². The number of furan rings is 1. The zero-order valence-corrected chi connectivity index (χ0v) is 18.6. The van der Waals surface area contributed by atoms with Crippen molar-refractivity contribution in [2.75, 3.05) is 6.54 Å². The number of sulfonamides is 1. The third-order valence-corrected chi connectivity index (χ3v) is 6.35. The van der Waals surface area contributed by atoms with Crippen LogP contribution in [0, 0.1) is 12.3 Å². The third kappa shape index (κ3) is 4.91. The summed E-state index contributed by atoms with van der Waals surface area (Å²) < 4.78 is 38.6. The number of benzene rings is 2. The van der Waals surface area contributed by atoms with E-state index in [1.54, 1.807) is 36.4 Å². The molecule has 0 radical (unpaired) electrons. The van der Waals surface area contributed by atoms with Gasteiger partial charge in [0.15, 0.2) is 5.82 Å². The molecule has 1 N–H and O–H groups in total. The molecule has 0 spiro atoms. The minimum atomic E-state index is -3.78. The number of terminal acetylenes is 1. The van der Waals surface area contributed by atoms with E-state index in [4.69, 9.17) is 15.6 Å². The van der Waals surface area contributed by atoms with Gasteiger partial charge < -0.3 is 9.15 Å². The molecule has 34 heavy (non-hydrogen) atoms. The zero-order chi connectivity index (χ0) is 24.1. The summed E-state index contributed by atoms with van der Waals surface area (Å²) in [6.45, 7) is -0.304. The fourth-order valence-electron chi connectivity index (χ4n) is 3.25. The summed E-state index contributed by atoms with van der Waals surface area (Å²) >= 11 is 0. The van der Waals surface area contributed by atoms with E-state index in [0.717, 1.165) is 0 Å². The fourth-order valence-corrected chi connectivity index (χ4v) is 4.18. The first-order chi connectivity index (χ1) is 16.4. The van der Waals surface area contributed by atoms with Crippen LogP contribution >= 0.6 is 0 Å². The van der Waals surface area contributed by atoms with Gasteiger partial charge in [0.25, 0.3) is 5.56 Å². The Morgan fingerprint density at radius 1 is 1.12 bits per heavy atom. The smallest absolute Gasteiger partial charge is 0.338 e. The highest BCUT2D eigenvalue weighted by molar-refractivity contribution is 7.89. The van der Waals surface area contributed by atoms with Gasteiger partial charge in [0.2, 0.25) is 10.0 Å². The van der Waals surface area contributed by atoms with Crippen LogP contribution in [-0.4, -0.2) is 30.5 Å². The molecule has 0 aliphatic rings. The van der Waals surface area contributed by atoms with Gasteiger partial charge in [0.05, 0.1) is 40.7 Å². The maximum atomic E-state index is 13.1. The molecule has 172 valence electrons. The highest BCUT2D eigenvalue weighted by Crippen LogP contribution is 2.14. The van der Waals surface area contributed by atoms with Crippen molar-refractivity contribution in [1.82, 2.24) is 14.3 Å². The summed E-state index contributed by atoms with van der Waals surface area (Å²) in [7, 11) is -3.78. The number of esters is 1. The van der Waals surface area contributed by atoms with Gasteiger partial charge in [0.1, 0.15) is 12.4 Å². The molecular formula is C24H19N3O6S. The molecule has 0 amide bonds. The van der Waals surface area contributed by atoms with E-state index < -0.39 is 16.0 Å². The average Bonchev–Trinajstić information content (AvgIpc) is 3.37. The lowest BCUT2D eigenvalue weighted by molar-refractivity contribution is 0.0456. The van der Waals surface area contributed by atoms with Gasteiger partial charge in [-0.1, -0.05) is 18.1 Å². The Balaban J connectivity index is 1.56. The first kappa shape index (κ1) is 23.0. The highest BCUT2D eigenvalue weighted by atomic mass is 32.2. The quantitative estimate of drug-likeness (QED) is 0.305. The second kappa shape index (κ2) is 9.74. The van der Waals surface area contributed by atoms with Crippen molar-refractivity contribution in [3.8, 4) is 12.3 Å². The van der Waals surface area contributed by atoms with Crippen molar-refractivity contribution >= 4 is 26.9 Å². The third-order valence-electron chi connectivity index (χ3n) is 4.93. The van der Waals surface area contributed by atoms with Crippen LogP contribution in [0.25, 0.3) is 10.9 Å². The molecule has 0 atom stereocenters. The number of aromatic nitrogens is 2. The molecule has 0 saturated carbocycles. The van der Waals surface area contributed by atoms with Gasteiger partial charge in [-0.15, -0.1) is 6.42 Å². The standard InChI is InChI=1S/C24H19N3O6S/c1-2-13-25-34(30,31)19-11-9-17(10-12-19)24(29)33-16-22-26-21-8-4-3-7-20(21)23(28)27(22)15-18-6-5-14-32-18/h1,3-12,14,25H,13,15-16H2. The van der Waals surface area contributed by atoms with Gasteiger partial charge in [-0.3, -0.25) is 9.36 Å². The van der Waals surface area contributed by atoms with E-state index in [9.17, 15) is 18.0 Å². The maximum Gasteiger partial charge on any atom is 0.338 e. The minimum Gasteiger partial charge on any atom is -0.467 e. The van der Waals surface area contributed by atoms with Crippen molar-refractivity contribution in [2.24, 2.45) is 0 Å². The van der Waals surface area contributed by atoms with E-state index in [1.807, 2.05) is 0 Å². The van der Waals surface area contributed by atoms with Crippen molar-refractivity contribution in [3.63, 3.8) is 0 Å². The molecule has 0 bridgehead atoms. The molecular weight excluding hydrogens is 458 g/mol. The lowest BCUT2D eigenvalue weighted by Gasteiger charge is -2.13. The highest BCUT2D eigenvalue weighted by Gasteiger charge is 2.17. The maximum absolute atomic E-state index is 13.1. The van der Waals surface area contributed by atoms with Gasteiger partial charge in [-0.25, -0.2) is 18.2 Å². The van der Waals surface area contributed by atoms with E-state index in [-0.39, 0.29) is 41.5 Å². The Bertz CT molecular complexity index is 1530. The van der Waals surface area contributed by atoms with Crippen LogP contribution in [0.4, 0.5) is 0 Å². The number of carbonyl (C=O) groups is 1. The lowest BCUT2D eigenvalue weighted by atomic mass is 10.2. The van der Waals surface area contributed by atoms with E-state index in [0.29, 0.717) is 16.7 Å². The van der Waals surface area contributed by atoms with Crippen molar-refractivity contribution < 1.29 is 22.4 Å². The van der Waals surface area contributed by atoms with E-state index >= 15 is 0 Å². The molecule has 0 aliphatic carbocycles. The Hall–Kier alpha value is -4.20. The molecule has 9 nitrogen and oxygen atoms in total. The average molecular weight is 477 g/mol. The van der Waals surface area contributed by atoms with Gasteiger partial charge in [-0.2, -0.15) is 4.72 Å². The summed E-state index contributed by atoms with van der Waals surface area (Å²) in [5.74, 6) is 2.27. The van der Waals surface area contributed by atoms with Crippen molar-refractivity contribution in [3.05, 3.63) is 94.4 Å². The number of nitrogens with one attached hydrogen (secondary N) is 1. The Morgan fingerprint density at radius 3 is 2.59 bits per heavy atom. The molecule has 0 aliphatic heterocycles. The number of carbonyl (C=O) groups excluding carboxylic acids is 1. The number of ether oxygens (including phenoxy) is 1. The molecule has 2 heterocycles. The fraction of sp³-hybridized carbons (Fsp3) is 0.125. The number of fused-ring (bicyclic) bond motifs is 1. The SMILES string of the molecule is C#CCNS(=O)(=O)c1ccc(C(=O)OCc2nc3ccccc3c(=O)n2Cc2ccco2)cc1. The van der Waals surface area contributed by atoms with Crippen LogP contribution in [0.2, 0.25) is 0 Å². The summed E-state index contributed by atoms with van der Waals surface area (Å²) in [5.41, 5.74) is 0.321. The van der Waals surface area contributed by atoms with E-state index in [2.05, 4.69) is 15.6 Å². The van der Waals surface area contributed by atoms with Crippen LogP contribution in [-0.2, 0) is 27.9 Å². The van der Waals surface area contributed by atoms with Crippen LogP contribution in [0.1, 0.15) is 21.9 Å². The summed E-state index contributed by atoms with van der Waals surface area (Å²) in [5, 5.41) is 0.430. The Labute approximate surface area is 195 Å². The molecule has 10 heteroatoms. The predicted molar refractivity (Wildman–Crippen MR) is 123 cm³/mol. The first-order valence-electron chi connectivity index (χ1n) is 10.1. The Morgan fingerprint density at radius 2 is 1.88 bits per heavy atom. The summed E-state index contributed by atoms with van der Waals surface area (Å²) in [6, 6.07) is 15.5. The second-order valence-electron chi connectivity index (χ2n) is 7.15. The lowest BCUT2D eigenvalue weighted by Crippen LogP contribution is -2.27. The normalized spacial score (nSPS) is 11.3. The van der Waals surface area contributed by atoms with Crippen molar-refractivity contribution in [1.29, 1.82) is 0 Å². The molecule has 0 saturated heterocycles. The number of nitrogens with zero attached hydrogens (tertiary/aromatic N) is 2. The molecule has 2 aromatic carbocycles. The topological polar surface area (TPSA) is 121 Å². The largest absolute Gasteiger partial charge is 0.467 e. The predicted octanol–water partition coefficient (Wildman–Crippen LogP) is 2.31. The molecule has 4 aromatic rings. The zero-order valence-electron chi connectivity index (χ0n) is 17.8. The number of para-hydroxylation sites is 1. The monoisotopic (exact) mass is 477 g/mol. The number of hydrogen-bond acceptors (Lipinski definition) is 7. The Kier molecular flexibility index (Phi) is 6.58. The summed E-state index contributed by atoms with van der Waals surface area (Å²) in [6.07, 6.45) is 6.58. The van der Waals surface area contributed by atoms with Crippen LogP contribution < -0.4 is 10.3 Å². The van der Waals surface area contributed by atoms with Gasteiger partial charge in [-0.05, 0) is 48.5 Å². The van der Waals surface area contributed by atoms with Gasteiger partial charge >= 0.3 is 5.97 Å². The van der Waals surface area contributed by atoms with Crippen LogP contribution in [0.15, 0.2) is 81.0 Å². The van der Waals surface area contributed by atoms with Crippen LogP contribution in [0.5, 0.6) is 0 Å². The number of rotatable bonds is 8. The first-order valence-corrected chi connectivity index (χ1v) is 11.6. The second-order valence-corrected chi connectivity index (χ2v) is 8.91.